The molecule has 33 heavy (non-hydrogen) atoms. The van der Waals surface area contributed by atoms with Gasteiger partial charge in [0.25, 0.3) is 0 Å². The highest BCUT2D eigenvalue weighted by Crippen LogP contribution is 2.48. The van der Waals surface area contributed by atoms with E-state index in [2.05, 4.69) is 26.5 Å². The van der Waals surface area contributed by atoms with Crippen molar-refractivity contribution in [1.82, 2.24) is 0 Å². The zero-order valence-corrected chi connectivity index (χ0v) is 20.2. The second-order valence-electron chi connectivity index (χ2n) is 8.43. The fourth-order valence-electron chi connectivity index (χ4n) is 3.88. The molecule has 4 rings (SSSR count). The van der Waals surface area contributed by atoms with E-state index in [4.69, 9.17) is 9.47 Å². The van der Waals surface area contributed by atoms with Gasteiger partial charge in [0.1, 0.15) is 23.0 Å². The molecule has 0 fully saturated rings. The fraction of sp³-hybridized carbons (Fsp3) is 0.172. The van der Waals surface area contributed by atoms with Crippen molar-refractivity contribution in [3.63, 3.8) is 0 Å². The van der Waals surface area contributed by atoms with Crippen LogP contribution < -0.4 is 20.1 Å². The normalized spacial score (nSPS) is 19.3. The largest absolute Gasteiger partial charge is 0.460 e. The molecule has 0 heterocycles. The maximum Gasteiger partial charge on any atom is 0.167 e. The van der Waals surface area contributed by atoms with Crippen LogP contribution in [0.5, 0.6) is 17.2 Å². The Labute approximate surface area is 196 Å². The second-order valence-corrected chi connectivity index (χ2v) is 11.1. The minimum absolute atomic E-state index is 0.198. The van der Waals surface area contributed by atoms with Crippen molar-refractivity contribution in [3.05, 3.63) is 115 Å². The van der Waals surface area contributed by atoms with Crippen molar-refractivity contribution in [2.45, 2.75) is 20.8 Å². The average molecular weight is 457 g/mol. The number of rotatable bonds is 7. The molecule has 3 aromatic rings. The lowest BCUT2D eigenvalue weighted by Gasteiger charge is -2.26. The summed E-state index contributed by atoms with van der Waals surface area (Å²) in [6, 6.07) is 22.8. The number of aryl methyl sites for hydroxylation is 1. The highest BCUT2D eigenvalue weighted by atomic mass is 31.2. The molecule has 0 spiro atoms. The van der Waals surface area contributed by atoms with Gasteiger partial charge >= 0.3 is 0 Å². The molecular weight excluding hydrogens is 427 g/mol. The van der Waals surface area contributed by atoms with Crippen LogP contribution in [0.4, 0.5) is 0 Å². The first kappa shape index (κ1) is 22.9. The number of allylic oxidation sites excluding steroid dienone is 4. The third kappa shape index (κ3) is 4.89. The minimum Gasteiger partial charge on any atom is -0.460 e. The SMILES string of the molecule is C=CP(=O)(c1ccccc1)c1ccc(Oc2cccc(C)c2)cc1OC1=CC=CC(C)C1C. The molecule has 4 heteroatoms. The molecule has 0 N–H and O–H groups in total. The molecule has 0 saturated carbocycles. The van der Waals surface area contributed by atoms with E-state index in [1.807, 2.05) is 91.9 Å². The third-order valence-corrected chi connectivity index (χ3v) is 8.72. The Morgan fingerprint density at radius 2 is 1.67 bits per heavy atom. The molecule has 1 aliphatic rings. The maximum atomic E-state index is 14.2. The first-order chi connectivity index (χ1) is 15.9. The van der Waals surface area contributed by atoms with Gasteiger partial charge in [-0.05, 0) is 54.6 Å². The van der Waals surface area contributed by atoms with Crippen molar-refractivity contribution in [3.8, 4) is 17.2 Å². The molecule has 3 unspecified atom stereocenters. The molecule has 1 aliphatic carbocycles. The Morgan fingerprint density at radius 3 is 2.39 bits per heavy atom. The zero-order valence-electron chi connectivity index (χ0n) is 19.3. The van der Waals surface area contributed by atoms with E-state index < -0.39 is 7.14 Å². The summed E-state index contributed by atoms with van der Waals surface area (Å²) >= 11 is 0. The highest BCUT2D eigenvalue weighted by Gasteiger charge is 2.29. The molecule has 0 aromatic heterocycles. The molecule has 3 nitrogen and oxygen atoms in total. The van der Waals surface area contributed by atoms with Crippen LogP contribution >= 0.6 is 7.14 Å². The molecule has 3 atom stereocenters. The topological polar surface area (TPSA) is 35.5 Å². The molecule has 0 saturated heterocycles. The van der Waals surface area contributed by atoms with Gasteiger partial charge in [0.15, 0.2) is 7.14 Å². The van der Waals surface area contributed by atoms with Gasteiger partial charge in [0.05, 0.1) is 5.30 Å². The molecule has 0 aliphatic heterocycles. The fourth-order valence-corrected chi connectivity index (χ4v) is 5.91. The van der Waals surface area contributed by atoms with Crippen molar-refractivity contribution in [2.24, 2.45) is 11.8 Å². The summed E-state index contributed by atoms with van der Waals surface area (Å²) in [7, 11) is -3.12. The van der Waals surface area contributed by atoms with E-state index in [9.17, 15) is 4.57 Å². The summed E-state index contributed by atoms with van der Waals surface area (Å²) in [5.74, 6) is 4.81. The predicted molar refractivity (Wildman–Crippen MR) is 137 cm³/mol. The third-order valence-electron chi connectivity index (χ3n) is 6.05. The van der Waals surface area contributed by atoms with Gasteiger partial charge in [-0.3, -0.25) is 0 Å². The monoisotopic (exact) mass is 456 g/mol. The van der Waals surface area contributed by atoms with Gasteiger partial charge in [-0.2, -0.15) is 0 Å². The summed E-state index contributed by atoms with van der Waals surface area (Å²) in [6.07, 6.45) is 6.15. The Bertz CT molecular complexity index is 1260. The maximum absolute atomic E-state index is 14.2. The van der Waals surface area contributed by atoms with Gasteiger partial charge in [0.2, 0.25) is 0 Å². The first-order valence-corrected chi connectivity index (χ1v) is 12.9. The lowest BCUT2D eigenvalue weighted by Crippen LogP contribution is -2.20. The summed E-state index contributed by atoms with van der Waals surface area (Å²) in [6.45, 7) is 10.2. The van der Waals surface area contributed by atoms with E-state index >= 15 is 0 Å². The number of benzene rings is 3. The number of hydrogen-bond donors (Lipinski definition) is 0. The molecule has 0 amide bonds. The lowest BCUT2D eigenvalue weighted by molar-refractivity contribution is 0.322. The van der Waals surface area contributed by atoms with Crippen LogP contribution in [0.1, 0.15) is 19.4 Å². The number of hydrogen-bond acceptors (Lipinski definition) is 3. The van der Waals surface area contributed by atoms with Crippen LogP contribution in [-0.4, -0.2) is 0 Å². The zero-order chi connectivity index (χ0) is 23.4. The minimum atomic E-state index is -3.12. The van der Waals surface area contributed by atoms with Crippen LogP contribution in [0.3, 0.4) is 0 Å². The summed E-state index contributed by atoms with van der Waals surface area (Å²) in [5.41, 5.74) is 1.11. The molecule has 168 valence electrons. The Morgan fingerprint density at radius 1 is 0.909 bits per heavy atom. The van der Waals surface area contributed by atoms with Gasteiger partial charge in [-0.25, -0.2) is 0 Å². The van der Waals surface area contributed by atoms with Gasteiger partial charge in [-0.1, -0.05) is 75.0 Å². The standard InChI is InChI=1S/C29H29O3P/c1-5-33(30,26-14-7-6-8-15-26)29-18-17-25(31-24-13-9-11-21(2)19-24)20-28(29)32-27-16-10-12-22(3)23(27)4/h5-20,22-23H,1H2,2-4H3. The van der Waals surface area contributed by atoms with Crippen LogP contribution in [-0.2, 0) is 4.57 Å². The lowest BCUT2D eigenvalue weighted by atomic mass is 9.90. The van der Waals surface area contributed by atoms with Crippen molar-refractivity contribution in [1.29, 1.82) is 0 Å². The summed E-state index contributed by atoms with van der Waals surface area (Å²) in [4.78, 5) is 0. The van der Waals surface area contributed by atoms with E-state index in [-0.39, 0.29) is 5.92 Å². The molecular formula is C29H29O3P. The molecule has 0 bridgehead atoms. The predicted octanol–water partition coefficient (Wildman–Crippen LogP) is 7.35. The van der Waals surface area contributed by atoms with Crippen molar-refractivity contribution >= 4 is 17.8 Å². The second kappa shape index (κ2) is 9.68. The van der Waals surface area contributed by atoms with E-state index in [0.717, 1.165) is 22.4 Å². The van der Waals surface area contributed by atoms with Crippen molar-refractivity contribution < 1.29 is 14.0 Å². The Balaban J connectivity index is 1.80. The summed E-state index contributed by atoms with van der Waals surface area (Å²) in [5, 5.41) is 1.33. The Hall–Kier alpha value is -3.29. The van der Waals surface area contributed by atoms with Gasteiger partial charge < -0.3 is 14.0 Å². The van der Waals surface area contributed by atoms with Gasteiger partial charge in [0, 0.05) is 17.3 Å². The Kier molecular flexibility index (Phi) is 6.72. The smallest absolute Gasteiger partial charge is 0.167 e. The highest BCUT2D eigenvalue weighted by molar-refractivity contribution is 7.81. The van der Waals surface area contributed by atoms with E-state index in [0.29, 0.717) is 22.7 Å². The van der Waals surface area contributed by atoms with Crippen LogP contribution in [0.15, 0.2) is 109 Å². The van der Waals surface area contributed by atoms with E-state index in [1.54, 1.807) is 5.82 Å². The van der Waals surface area contributed by atoms with E-state index in [1.165, 1.54) is 0 Å². The summed E-state index contributed by atoms with van der Waals surface area (Å²) < 4.78 is 26.8. The quantitative estimate of drug-likeness (QED) is 0.349. The molecule has 0 radical (unpaired) electrons. The van der Waals surface area contributed by atoms with Crippen molar-refractivity contribution in [2.75, 3.05) is 0 Å². The van der Waals surface area contributed by atoms with Crippen LogP contribution in [0.2, 0.25) is 0 Å². The first-order valence-electron chi connectivity index (χ1n) is 11.1. The van der Waals surface area contributed by atoms with Crippen LogP contribution in [0.25, 0.3) is 0 Å². The van der Waals surface area contributed by atoms with Gasteiger partial charge in [-0.15, -0.1) is 0 Å². The molecule has 3 aromatic carbocycles. The van der Waals surface area contributed by atoms with Crippen LogP contribution in [0, 0.1) is 18.8 Å². The number of ether oxygens (including phenoxy) is 2. The average Bonchev–Trinajstić information content (AvgIpc) is 2.82.